The molecule has 1 aromatic carbocycles. The van der Waals surface area contributed by atoms with E-state index in [1.54, 1.807) is 0 Å². The fourth-order valence-electron chi connectivity index (χ4n) is 1.67. The van der Waals surface area contributed by atoms with Crippen LogP contribution in [0.5, 0.6) is 0 Å². The van der Waals surface area contributed by atoms with Crippen LogP contribution >= 0.6 is 0 Å². The second-order valence-electron chi connectivity index (χ2n) is 6.09. The van der Waals surface area contributed by atoms with Gasteiger partial charge in [0.25, 0.3) is 0 Å². The van der Waals surface area contributed by atoms with E-state index in [0.717, 1.165) is 19.6 Å². The zero-order valence-corrected chi connectivity index (χ0v) is 13.4. The molecule has 0 atom stereocenters. The van der Waals surface area contributed by atoms with Crippen LogP contribution in [0.25, 0.3) is 0 Å². The molecule has 0 saturated heterocycles. The predicted octanol–water partition coefficient (Wildman–Crippen LogP) is 3.52. The summed E-state index contributed by atoms with van der Waals surface area (Å²) in [6.07, 6.45) is 1.06. The lowest BCUT2D eigenvalue weighted by Crippen LogP contribution is -2.35. The molecule has 0 spiro atoms. The molecule has 3 nitrogen and oxygen atoms in total. The maximum Gasteiger partial charge on any atom is 0.0718 e. The molecular weight excluding hydrogens is 250 g/mol. The Balaban J connectivity index is 2.21. The van der Waals surface area contributed by atoms with Crippen molar-refractivity contribution in [2.24, 2.45) is 0 Å². The molecule has 0 aromatic heterocycles. The molecule has 1 aromatic rings. The van der Waals surface area contributed by atoms with Gasteiger partial charge < -0.3 is 14.8 Å². The summed E-state index contributed by atoms with van der Waals surface area (Å²) in [4.78, 5) is 0. The Morgan fingerprint density at radius 2 is 1.50 bits per heavy atom. The van der Waals surface area contributed by atoms with Gasteiger partial charge in [0.15, 0.2) is 0 Å². The van der Waals surface area contributed by atoms with E-state index in [4.69, 9.17) is 9.47 Å². The Morgan fingerprint density at radius 3 is 2.10 bits per heavy atom. The number of benzene rings is 1. The minimum Gasteiger partial charge on any atom is -0.379 e. The minimum absolute atomic E-state index is 0.153. The largest absolute Gasteiger partial charge is 0.379 e. The molecule has 0 saturated carbocycles. The maximum atomic E-state index is 5.58. The third kappa shape index (κ3) is 8.31. The van der Waals surface area contributed by atoms with Crippen LogP contribution in [-0.4, -0.2) is 25.4 Å². The summed E-state index contributed by atoms with van der Waals surface area (Å²) in [6, 6.07) is 8.58. The maximum absolute atomic E-state index is 5.58. The number of hydrogen-bond acceptors (Lipinski definition) is 3. The third-order valence-corrected chi connectivity index (χ3v) is 2.84. The Morgan fingerprint density at radius 1 is 0.900 bits per heavy atom. The van der Waals surface area contributed by atoms with E-state index in [-0.39, 0.29) is 5.54 Å². The lowest BCUT2D eigenvalue weighted by molar-refractivity contribution is 0.0408. The van der Waals surface area contributed by atoms with Gasteiger partial charge in [0.2, 0.25) is 0 Å². The van der Waals surface area contributed by atoms with E-state index in [1.165, 1.54) is 11.1 Å². The van der Waals surface area contributed by atoms with Gasteiger partial charge in [-0.1, -0.05) is 31.2 Å². The summed E-state index contributed by atoms with van der Waals surface area (Å²) in [6.45, 7) is 12.4. The summed E-state index contributed by atoms with van der Waals surface area (Å²) in [5.41, 5.74) is 2.66. The van der Waals surface area contributed by atoms with E-state index in [9.17, 15) is 0 Å². The van der Waals surface area contributed by atoms with Crippen LogP contribution in [0, 0.1) is 0 Å². The predicted molar refractivity (Wildman–Crippen MR) is 83.8 cm³/mol. The summed E-state index contributed by atoms with van der Waals surface area (Å²) >= 11 is 0. The minimum atomic E-state index is 0.153. The van der Waals surface area contributed by atoms with Crippen molar-refractivity contribution in [3.8, 4) is 0 Å². The van der Waals surface area contributed by atoms with E-state index in [2.05, 4.69) is 57.3 Å². The molecule has 1 N–H and O–H groups in total. The average molecular weight is 279 g/mol. The first kappa shape index (κ1) is 17.2. The molecule has 0 bridgehead atoms. The molecule has 114 valence electrons. The summed E-state index contributed by atoms with van der Waals surface area (Å²) in [5, 5.41) is 3.48. The molecule has 0 aliphatic rings. The van der Waals surface area contributed by atoms with Gasteiger partial charge in [0.05, 0.1) is 19.8 Å². The number of nitrogens with one attached hydrogen (secondary N) is 1. The first-order valence-electron chi connectivity index (χ1n) is 7.49. The number of ether oxygens (including phenoxy) is 2. The third-order valence-electron chi connectivity index (χ3n) is 2.84. The van der Waals surface area contributed by atoms with Gasteiger partial charge in [-0.25, -0.2) is 0 Å². The Bertz CT molecular complexity index is 354. The normalized spacial score (nSPS) is 11.8. The van der Waals surface area contributed by atoms with E-state index in [0.29, 0.717) is 19.8 Å². The van der Waals surface area contributed by atoms with E-state index >= 15 is 0 Å². The highest BCUT2D eigenvalue weighted by Crippen LogP contribution is 2.08. The van der Waals surface area contributed by atoms with Crippen molar-refractivity contribution in [2.75, 3.05) is 19.8 Å². The molecule has 3 heteroatoms. The van der Waals surface area contributed by atoms with Gasteiger partial charge in [-0.15, -0.1) is 0 Å². The smallest absolute Gasteiger partial charge is 0.0718 e. The first-order valence-corrected chi connectivity index (χ1v) is 7.49. The van der Waals surface area contributed by atoms with Crippen LogP contribution < -0.4 is 5.32 Å². The SMILES string of the molecule is CCCOCCOCc1ccc(CNC(C)(C)C)cc1. The fourth-order valence-corrected chi connectivity index (χ4v) is 1.67. The Labute approximate surface area is 123 Å². The number of rotatable bonds is 9. The number of hydrogen-bond donors (Lipinski definition) is 1. The lowest BCUT2D eigenvalue weighted by Gasteiger charge is -2.20. The van der Waals surface area contributed by atoms with Crippen molar-refractivity contribution < 1.29 is 9.47 Å². The molecule has 20 heavy (non-hydrogen) atoms. The van der Waals surface area contributed by atoms with Gasteiger partial charge in [-0.2, -0.15) is 0 Å². The highest BCUT2D eigenvalue weighted by molar-refractivity contribution is 5.22. The summed E-state index contributed by atoms with van der Waals surface area (Å²) < 4.78 is 11.0. The molecule has 0 aliphatic carbocycles. The van der Waals surface area contributed by atoms with E-state index < -0.39 is 0 Å². The Kier molecular flexibility index (Phi) is 7.82. The van der Waals surface area contributed by atoms with Crippen LogP contribution in [0.3, 0.4) is 0 Å². The molecule has 0 unspecified atom stereocenters. The summed E-state index contributed by atoms with van der Waals surface area (Å²) in [7, 11) is 0. The monoisotopic (exact) mass is 279 g/mol. The topological polar surface area (TPSA) is 30.5 Å². The molecule has 0 amide bonds. The van der Waals surface area contributed by atoms with Crippen molar-refractivity contribution in [1.29, 1.82) is 0 Å². The standard InChI is InChI=1S/C17H29NO2/c1-5-10-19-11-12-20-14-16-8-6-15(7-9-16)13-18-17(2,3)4/h6-9,18H,5,10-14H2,1-4H3. The van der Waals surface area contributed by atoms with Crippen LogP contribution in [0.2, 0.25) is 0 Å². The van der Waals surface area contributed by atoms with Gasteiger partial charge in [-0.3, -0.25) is 0 Å². The van der Waals surface area contributed by atoms with Crippen molar-refractivity contribution in [2.45, 2.75) is 52.8 Å². The zero-order valence-electron chi connectivity index (χ0n) is 13.4. The molecular formula is C17H29NO2. The molecule has 0 heterocycles. The van der Waals surface area contributed by atoms with Crippen LogP contribution in [0.1, 0.15) is 45.2 Å². The van der Waals surface area contributed by atoms with Gasteiger partial charge in [0.1, 0.15) is 0 Å². The molecule has 0 fully saturated rings. The van der Waals surface area contributed by atoms with Crippen LogP contribution in [0.15, 0.2) is 24.3 Å². The van der Waals surface area contributed by atoms with Gasteiger partial charge >= 0.3 is 0 Å². The Hall–Kier alpha value is -0.900. The highest BCUT2D eigenvalue weighted by atomic mass is 16.5. The van der Waals surface area contributed by atoms with Crippen molar-refractivity contribution >= 4 is 0 Å². The van der Waals surface area contributed by atoms with Gasteiger partial charge in [0, 0.05) is 18.7 Å². The first-order chi connectivity index (χ1) is 9.51. The lowest BCUT2D eigenvalue weighted by atomic mass is 10.1. The average Bonchev–Trinajstić information content (AvgIpc) is 2.41. The second kappa shape index (κ2) is 9.11. The van der Waals surface area contributed by atoms with Crippen molar-refractivity contribution in [3.63, 3.8) is 0 Å². The molecule has 1 rings (SSSR count). The van der Waals surface area contributed by atoms with Crippen LogP contribution in [0.4, 0.5) is 0 Å². The fraction of sp³-hybridized carbons (Fsp3) is 0.647. The molecule has 0 radical (unpaired) electrons. The second-order valence-corrected chi connectivity index (χ2v) is 6.09. The van der Waals surface area contributed by atoms with Gasteiger partial charge in [-0.05, 0) is 38.3 Å². The molecule has 0 aliphatic heterocycles. The highest BCUT2D eigenvalue weighted by Gasteiger charge is 2.07. The van der Waals surface area contributed by atoms with E-state index in [1.807, 2.05) is 0 Å². The zero-order chi connectivity index (χ0) is 14.8. The van der Waals surface area contributed by atoms with Crippen molar-refractivity contribution in [3.05, 3.63) is 35.4 Å². The van der Waals surface area contributed by atoms with Crippen LogP contribution in [-0.2, 0) is 22.6 Å². The summed E-state index contributed by atoms with van der Waals surface area (Å²) in [5.74, 6) is 0. The quantitative estimate of drug-likeness (QED) is 0.702. The van der Waals surface area contributed by atoms with Crippen molar-refractivity contribution in [1.82, 2.24) is 5.32 Å².